The van der Waals surface area contributed by atoms with Gasteiger partial charge in [-0.15, -0.1) is 0 Å². The van der Waals surface area contributed by atoms with Gasteiger partial charge in [-0.2, -0.15) is 5.10 Å². The predicted molar refractivity (Wildman–Crippen MR) is 119 cm³/mol. The zero-order valence-corrected chi connectivity index (χ0v) is 16.6. The number of hydrogen-bond acceptors (Lipinski definition) is 5. The first kappa shape index (κ1) is 20.5. The Kier molecular flexibility index (Phi) is 5.50. The normalized spacial score (nSPS) is 10.5. The number of rotatable bonds is 5. The van der Waals surface area contributed by atoms with Gasteiger partial charge in [-0.1, -0.05) is 60.7 Å². The van der Waals surface area contributed by atoms with Gasteiger partial charge >= 0.3 is 5.97 Å². The minimum atomic E-state index is -1.22. The number of aromatic carboxylic acids is 1. The summed E-state index contributed by atoms with van der Waals surface area (Å²) in [5.74, 6) is -2.43. The lowest BCUT2D eigenvalue weighted by molar-refractivity contribution is 0.0696. The number of carbonyl (C=O) groups excluding carboxylic acids is 1. The molecule has 0 aliphatic rings. The second-order valence-corrected chi connectivity index (χ2v) is 6.87. The summed E-state index contributed by atoms with van der Waals surface area (Å²) in [7, 11) is 0. The van der Waals surface area contributed by atoms with Crippen molar-refractivity contribution in [2.24, 2.45) is 0 Å². The molecule has 0 bridgehead atoms. The van der Waals surface area contributed by atoms with Gasteiger partial charge in [0.1, 0.15) is 11.3 Å². The van der Waals surface area contributed by atoms with E-state index in [1.807, 2.05) is 36.4 Å². The molecule has 0 atom stereocenters. The van der Waals surface area contributed by atoms with Crippen LogP contribution in [0.25, 0.3) is 22.4 Å². The van der Waals surface area contributed by atoms with Crippen LogP contribution in [0.5, 0.6) is 5.75 Å². The highest BCUT2D eigenvalue weighted by atomic mass is 16.4. The molecule has 0 saturated heterocycles. The number of carbonyl (C=O) groups is 2. The van der Waals surface area contributed by atoms with Crippen LogP contribution < -0.4 is 10.9 Å². The van der Waals surface area contributed by atoms with Crippen LogP contribution in [0.15, 0.2) is 83.7 Å². The zero-order valence-electron chi connectivity index (χ0n) is 16.6. The van der Waals surface area contributed by atoms with Crippen molar-refractivity contribution >= 4 is 17.6 Å². The van der Waals surface area contributed by atoms with E-state index in [1.165, 1.54) is 12.1 Å². The lowest BCUT2D eigenvalue weighted by atomic mass is 9.95. The Hall–Kier alpha value is -4.72. The molecule has 32 heavy (non-hydrogen) atoms. The fourth-order valence-electron chi connectivity index (χ4n) is 3.31. The minimum absolute atomic E-state index is 0.0310. The number of nitrogens with zero attached hydrogens (tertiary/aromatic N) is 1. The Balaban J connectivity index is 1.86. The molecule has 3 aromatic carbocycles. The summed E-state index contributed by atoms with van der Waals surface area (Å²) in [5, 5.41) is 28.3. The molecule has 0 unspecified atom stereocenters. The maximum Gasteiger partial charge on any atom is 0.335 e. The summed E-state index contributed by atoms with van der Waals surface area (Å²) >= 11 is 0. The molecule has 0 saturated carbocycles. The van der Waals surface area contributed by atoms with Crippen molar-refractivity contribution < 1.29 is 19.8 Å². The van der Waals surface area contributed by atoms with Crippen molar-refractivity contribution in [2.45, 2.75) is 0 Å². The first-order chi connectivity index (χ1) is 15.5. The third-order valence-electron chi connectivity index (χ3n) is 4.81. The Morgan fingerprint density at radius 1 is 0.875 bits per heavy atom. The number of aromatic nitrogens is 2. The van der Waals surface area contributed by atoms with Crippen molar-refractivity contribution in [2.75, 3.05) is 5.32 Å². The molecule has 0 spiro atoms. The number of carboxylic acids is 1. The Labute approximate surface area is 181 Å². The number of nitrogens with one attached hydrogen (secondary N) is 2. The smallest absolute Gasteiger partial charge is 0.335 e. The van der Waals surface area contributed by atoms with E-state index in [4.69, 9.17) is 5.11 Å². The van der Waals surface area contributed by atoms with Crippen LogP contribution in [0.3, 0.4) is 0 Å². The standard InChI is InChI=1S/C24H17N3O5/c28-18-13-16(24(31)32)11-12-17(18)25-22(29)20-19(14-7-3-1-4-8-14)21(26-27-23(20)30)15-9-5-2-6-10-15/h1-13,28H,(H,25,29)(H,27,30)(H,31,32). The molecule has 158 valence electrons. The summed E-state index contributed by atoms with van der Waals surface area (Å²) < 4.78 is 0. The van der Waals surface area contributed by atoms with Gasteiger partial charge in [-0.3, -0.25) is 9.59 Å². The third kappa shape index (κ3) is 3.97. The van der Waals surface area contributed by atoms with Gasteiger partial charge in [0.25, 0.3) is 11.5 Å². The summed E-state index contributed by atoms with van der Waals surface area (Å²) in [5.41, 5.74) is 0.988. The number of amides is 1. The molecule has 8 nitrogen and oxygen atoms in total. The molecular formula is C24H17N3O5. The molecule has 1 aromatic heterocycles. The minimum Gasteiger partial charge on any atom is -0.506 e. The van der Waals surface area contributed by atoms with Gasteiger partial charge in [0.2, 0.25) is 0 Å². The number of benzene rings is 3. The fourth-order valence-corrected chi connectivity index (χ4v) is 3.31. The highest BCUT2D eigenvalue weighted by Crippen LogP contribution is 2.32. The average molecular weight is 427 g/mol. The van der Waals surface area contributed by atoms with Crippen molar-refractivity contribution in [3.8, 4) is 28.1 Å². The molecule has 4 rings (SSSR count). The highest BCUT2D eigenvalue weighted by molar-refractivity contribution is 6.11. The molecule has 1 heterocycles. The van der Waals surface area contributed by atoms with Crippen LogP contribution >= 0.6 is 0 Å². The number of phenols is 1. The lowest BCUT2D eigenvalue weighted by Crippen LogP contribution is -2.26. The molecule has 0 aliphatic carbocycles. The molecule has 4 aromatic rings. The van der Waals surface area contributed by atoms with Crippen LogP contribution in [0, 0.1) is 0 Å². The van der Waals surface area contributed by atoms with E-state index in [-0.39, 0.29) is 16.8 Å². The summed E-state index contributed by atoms with van der Waals surface area (Å²) in [6.45, 7) is 0. The second-order valence-electron chi connectivity index (χ2n) is 6.87. The molecule has 0 aliphatic heterocycles. The van der Waals surface area contributed by atoms with Crippen molar-refractivity contribution in [1.29, 1.82) is 0 Å². The van der Waals surface area contributed by atoms with Gasteiger partial charge in [-0.25, -0.2) is 9.89 Å². The molecule has 8 heteroatoms. The molecule has 4 N–H and O–H groups in total. The van der Waals surface area contributed by atoms with Crippen molar-refractivity contribution in [1.82, 2.24) is 10.2 Å². The van der Waals surface area contributed by atoms with Crippen LogP contribution in [0.4, 0.5) is 5.69 Å². The average Bonchev–Trinajstić information content (AvgIpc) is 2.81. The summed E-state index contributed by atoms with van der Waals surface area (Å²) in [6.07, 6.45) is 0. The van der Waals surface area contributed by atoms with E-state index >= 15 is 0 Å². The molecule has 0 radical (unpaired) electrons. The fraction of sp³-hybridized carbons (Fsp3) is 0. The van der Waals surface area contributed by atoms with Crippen LogP contribution in [-0.4, -0.2) is 32.3 Å². The predicted octanol–water partition coefficient (Wildman–Crippen LogP) is 3.76. The van der Waals surface area contributed by atoms with E-state index < -0.39 is 23.2 Å². The maximum atomic E-state index is 13.2. The molecular weight excluding hydrogens is 410 g/mol. The SMILES string of the molecule is O=C(O)c1ccc(NC(=O)c2c(-c3ccccc3)c(-c3ccccc3)n[nH]c2=O)c(O)c1. The van der Waals surface area contributed by atoms with E-state index in [1.54, 1.807) is 24.3 Å². The number of aromatic hydroxyl groups is 1. The molecule has 1 amide bonds. The monoisotopic (exact) mass is 427 g/mol. The van der Waals surface area contributed by atoms with E-state index in [0.29, 0.717) is 22.4 Å². The quantitative estimate of drug-likeness (QED) is 0.359. The van der Waals surface area contributed by atoms with Crippen LogP contribution in [0.2, 0.25) is 0 Å². The number of aromatic amines is 1. The van der Waals surface area contributed by atoms with Crippen LogP contribution in [0.1, 0.15) is 20.7 Å². The number of anilines is 1. The summed E-state index contributed by atoms with van der Waals surface area (Å²) in [6, 6.07) is 21.5. The Morgan fingerprint density at radius 2 is 1.50 bits per heavy atom. The van der Waals surface area contributed by atoms with Gasteiger partial charge in [-0.05, 0) is 23.8 Å². The van der Waals surface area contributed by atoms with Crippen LogP contribution in [-0.2, 0) is 0 Å². The largest absolute Gasteiger partial charge is 0.506 e. The lowest BCUT2D eigenvalue weighted by Gasteiger charge is -2.14. The third-order valence-corrected chi connectivity index (χ3v) is 4.81. The second kappa shape index (κ2) is 8.57. The zero-order chi connectivity index (χ0) is 22.7. The van der Waals surface area contributed by atoms with Crippen molar-refractivity contribution in [3.63, 3.8) is 0 Å². The number of carboxylic acid groups (broad SMARTS) is 1. The number of phenolic OH excluding ortho intramolecular Hbond substituents is 1. The Morgan fingerprint density at radius 3 is 2.09 bits per heavy atom. The van der Waals surface area contributed by atoms with Gasteiger partial charge in [0.05, 0.1) is 16.9 Å². The maximum absolute atomic E-state index is 13.2. The van der Waals surface area contributed by atoms with E-state index in [9.17, 15) is 19.5 Å². The molecule has 0 fully saturated rings. The topological polar surface area (TPSA) is 132 Å². The van der Waals surface area contributed by atoms with Crippen molar-refractivity contribution in [3.05, 3.63) is 100 Å². The summed E-state index contributed by atoms with van der Waals surface area (Å²) in [4.78, 5) is 37.0. The van der Waals surface area contributed by atoms with Gasteiger partial charge in [0, 0.05) is 11.1 Å². The van der Waals surface area contributed by atoms with E-state index in [2.05, 4.69) is 15.5 Å². The first-order valence-corrected chi connectivity index (χ1v) is 9.57. The number of H-pyrrole nitrogens is 1. The first-order valence-electron chi connectivity index (χ1n) is 9.57. The highest BCUT2D eigenvalue weighted by Gasteiger charge is 2.24. The van der Waals surface area contributed by atoms with E-state index in [0.717, 1.165) is 6.07 Å². The Bertz CT molecular complexity index is 1370. The van der Waals surface area contributed by atoms with Gasteiger partial charge < -0.3 is 15.5 Å². The number of hydrogen-bond donors (Lipinski definition) is 4. The van der Waals surface area contributed by atoms with Gasteiger partial charge in [0.15, 0.2) is 0 Å².